The summed E-state index contributed by atoms with van der Waals surface area (Å²) in [6.07, 6.45) is 1.43. The summed E-state index contributed by atoms with van der Waals surface area (Å²) in [4.78, 5) is 3.99. The topological polar surface area (TPSA) is 59.1 Å². The van der Waals surface area contributed by atoms with Crippen molar-refractivity contribution >= 4 is 15.7 Å². The number of pyridine rings is 1. The van der Waals surface area contributed by atoms with Crippen LogP contribution in [0.3, 0.4) is 0 Å². The molecule has 0 aliphatic heterocycles. The Kier molecular flexibility index (Phi) is 3.29. The van der Waals surface area contributed by atoms with E-state index in [1.165, 1.54) is 18.3 Å². The van der Waals surface area contributed by atoms with Gasteiger partial charge in [0.05, 0.1) is 16.8 Å². The molecule has 0 atom stereocenters. The molecule has 6 heteroatoms. The van der Waals surface area contributed by atoms with Gasteiger partial charge in [0, 0.05) is 5.69 Å². The molecule has 0 amide bonds. The zero-order valence-electron chi connectivity index (χ0n) is 9.59. The van der Waals surface area contributed by atoms with Crippen molar-refractivity contribution in [3.8, 4) is 0 Å². The lowest BCUT2D eigenvalue weighted by atomic mass is 10.3. The Labute approximate surface area is 105 Å². The van der Waals surface area contributed by atoms with Crippen LogP contribution < -0.4 is 4.72 Å². The highest BCUT2D eigenvalue weighted by atomic mass is 32.2. The number of aromatic nitrogens is 1. The smallest absolute Gasteiger partial charge is 0.261 e. The van der Waals surface area contributed by atoms with Gasteiger partial charge in [0.25, 0.3) is 10.0 Å². The summed E-state index contributed by atoms with van der Waals surface area (Å²) in [5.41, 5.74) is 1.16. The minimum absolute atomic E-state index is 0.00414. The largest absolute Gasteiger partial charge is 0.278 e. The Morgan fingerprint density at radius 2 is 1.78 bits per heavy atom. The summed E-state index contributed by atoms with van der Waals surface area (Å²) in [7, 11) is -3.70. The molecular formula is C12H11FN2O2S. The third kappa shape index (κ3) is 2.84. The highest BCUT2D eigenvalue weighted by Crippen LogP contribution is 2.15. The third-order valence-corrected chi connectivity index (χ3v) is 3.68. The lowest BCUT2D eigenvalue weighted by molar-refractivity contribution is 0.599. The second-order valence-electron chi connectivity index (χ2n) is 3.75. The van der Waals surface area contributed by atoms with Crippen LogP contribution in [0.1, 0.15) is 5.69 Å². The zero-order valence-corrected chi connectivity index (χ0v) is 10.4. The number of rotatable bonds is 3. The van der Waals surface area contributed by atoms with Crippen LogP contribution >= 0.6 is 0 Å². The van der Waals surface area contributed by atoms with Gasteiger partial charge in [-0.25, -0.2) is 12.8 Å². The lowest BCUT2D eigenvalue weighted by Gasteiger charge is -2.07. The number of hydrogen-bond acceptors (Lipinski definition) is 3. The summed E-state index contributed by atoms with van der Waals surface area (Å²) in [6, 6.07) is 7.93. The zero-order chi connectivity index (χ0) is 13.2. The quantitative estimate of drug-likeness (QED) is 0.927. The molecule has 1 aromatic heterocycles. The Bertz CT molecular complexity index is 637. The summed E-state index contributed by atoms with van der Waals surface area (Å²) in [5.74, 6) is -0.481. The van der Waals surface area contributed by atoms with Gasteiger partial charge < -0.3 is 0 Å². The minimum Gasteiger partial charge on any atom is -0.278 e. The van der Waals surface area contributed by atoms with Crippen LogP contribution in [-0.4, -0.2) is 13.4 Å². The first-order chi connectivity index (χ1) is 8.47. The van der Waals surface area contributed by atoms with Crippen molar-refractivity contribution in [3.05, 3.63) is 54.1 Å². The van der Waals surface area contributed by atoms with Gasteiger partial charge in [-0.2, -0.15) is 0 Å². The van der Waals surface area contributed by atoms with Crippen molar-refractivity contribution < 1.29 is 12.8 Å². The maximum absolute atomic E-state index is 12.7. The van der Waals surface area contributed by atoms with E-state index in [-0.39, 0.29) is 4.90 Å². The van der Waals surface area contributed by atoms with Crippen molar-refractivity contribution in [2.45, 2.75) is 11.8 Å². The Balaban J connectivity index is 2.27. The van der Waals surface area contributed by atoms with Crippen LogP contribution in [0.2, 0.25) is 0 Å². The number of halogens is 1. The molecule has 2 rings (SSSR count). The minimum atomic E-state index is -3.70. The number of nitrogens with zero attached hydrogens (tertiary/aromatic N) is 1. The predicted octanol–water partition coefficient (Wildman–Crippen LogP) is 2.33. The average molecular weight is 266 g/mol. The molecular weight excluding hydrogens is 255 g/mol. The van der Waals surface area contributed by atoms with E-state index >= 15 is 0 Å². The summed E-state index contributed by atoms with van der Waals surface area (Å²) in [5, 5.41) is 0. The van der Waals surface area contributed by atoms with Gasteiger partial charge in [-0.05, 0) is 43.3 Å². The van der Waals surface area contributed by atoms with Crippen LogP contribution in [0, 0.1) is 12.7 Å². The van der Waals surface area contributed by atoms with Crippen LogP contribution in [-0.2, 0) is 10.0 Å². The van der Waals surface area contributed by atoms with Gasteiger partial charge in [0.15, 0.2) is 0 Å². The van der Waals surface area contributed by atoms with E-state index in [1.54, 1.807) is 19.1 Å². The van der Waals surface area contributed by atoms with Crippen LogP contribution in [0.15, 0.2) is 47.5 Å². The fourth-order valence-corrected chi connectivity index (χ4v) is 2.40. The summed E-state index contributed by atoms with van der Waals surface area (Å²) >= 11 is 0. The molecule has 18 heavy (non-hydrogen) atoms. The fraction of sp³-hybridized carbons (Fsp3) is 0.0833. The van der Waals surface area contributed by atoms with E-state index in [0.717, 1.165) is 17.8 Å². The second kappa shape index (κ2) is 4.73. The molecule has 0 unspecified atom stereocenters. The Hall–Kier alpha value is -1.95. The first-order valence-corrected chi connectivity index (χ1v) is 6.67. The van der Waals surface area contributed by atoms with Gasteiger partial charge in [0.1, 0.15) is 5.82 Å². The van der Waals surface area contributed by atoms with Crippen molar-refractivity contribution in [2.75, 3.05) is 4.72 Å². The second-order valence-corrected chi connectivity index (χ2v) is 5.43. The Morgan fingerprint density at radius 3 is 2.33 bits per heavy atom. The van der Waals surface area contributed by atoms with E-state index in [0.29, 0.717) is 5.69 Å². The fourth-order valence-electron chi connectivity index (χ4n) is 1.36. The standard InChI is InChI=1S/C12H11FN2O2S/c1-9-2-5-11(8-14-9)15-18(16,17)12-6-3-10(13)4-7-12/h2-8,15H,1H3. The number of hydrogen-bond donors (Lipinski definition) is 1. The first-order valence-electron chi connectivity index (χ1n) is 5.18. The van der Waals surface area contributed by atoms with Crippen LogP contribution in [0.25, 0.3) is 0 Å². The molecule has 0 saturated carbocycles. The maximum atomic E-state index is 12.7. The Morgan fingerprint density at radius 1 is 1.11 bits per heavy atom. The van der Waals surface area contributed by atoms with Gasteiger partial charge in [-0.1, -0.05) is 0 Å². The summed E-state index contributed by atoms with van der Waals surface area (Å²) in [6.45, 7) is 1.80. The number of nitrogens with one attached hydrogen (secondary N) is 1. The number of benzene rings is 1. The van der Waals surface area contributed by atoms with E-state index in [9.17, 15) is 12.8 Å². The molecule has 0 radical (unpaired) electrons. The normalized spacial score (nSPS) is 11.2. The third-order valence-electron chi connectivity index (χ3n) is 2.29. The van der Waals surface area contributed by atoms with Crippen molar-refractivity contribution in [1.82, 2.24) is 4.98 Å². The molecule has 94 valence electrons. The maximum Gasteiger partial charge on any atom is 0.261 e. The molecule has 0 aliphatic rings. The van der Waals surface area contributed by atoms with E-state index in [4.69, 9.17) is 0 Å². The van der Waals surface area contributed by atoms with Crippen LogP contribution in [0.5, 0.6) is 0 Å². The summed E-state index contributed by atoms with van der Waals surface area (Å²) < 4.78 is 39.0. The molecule has 0 fully saturated rings. The van der Waals surface area contributed by atoms with Crippen molar-refractivity contribution in [3.63, 3.8) is 0 Å². The van der Waals surface area contributed by atoms with E-state index in [2.05, 4.69) is 9.71 Å². The van der Waals surface area contributed by atoms with E-state index < -0.39 is 15.8 Å². The average Bonchev–Trinajstić information content (AvgIpc) is 2.32. The lowest BCUT2D eigenvalue weighted by Crippen LogP contribution is -2.13. The SMILES string of the molecule is Cc1ccc(NS(=O)(=O)c2ccc(F)cc2)cn1. The molecule has 1 heterocycles. The predicted molar refractivity (Wildman–Crippen MR) is 66.2 cm³/mol. The van der Waals surface area contributed by atoms with Gasteiger partial charge >= 0.3 is 0 Å². The first kappa shape index (κ1) is 12.5. The molecule has 2 aromatic rings. The highest BCUT2D eigenvalue weighted by Gasteiger charge is 2.13. The van der Waals surface area contributed by atoms with Crippen LogP contribution in [0.4, 0.5) is 10.1 Å². The van der Waals surface area contributed by atoms with Crippen molar-refractivity contribution in [2.24, 2.45) is 0 Å². The molecule has 0 aliphatic carbocycles. The van der Waals surface area contributed by atoms with Crippen molar-refractivity contribution in [1.29, 1.82) is 0 Å². The molecule has 1 aromatic carbocycles. The number of anilines is 1. The highest BCUT2D eigenvalue weighted by molar-refractivity contribution is 7.92. The number of sulfonamides is 1. The van der Waals surface area contributed by atoms with Gasteiger partial charge in [-0.3, -0.25) is 9.71 Å². The molecule has 1 N–H and O–H groups in total. The molecule has 4 nitrogen and oxygen atoms in total. The monoisotopic (exact) mass is 266 g/mol. The molecule has 0 saturated heterocycles. The molecule has 0 bridgehead atoms. The van der Waals surface area contributed by atoms with Gasteiger partial charge in [-0.15, -0.1) is 0 Å². The molecule has 0 spiro atoms. The van der Waals surface area contributed by atoms with Gasteiger partial charge in [0.2, 0.25) is 0 Å². The number of aryl methyl sites for hydroxylation is 1. The van der Waals surface area contributed by atoms with E-state index in [1.807, 2.05) is 0 Å².